The highest BCUT2D eigenvalue weighted by Gasteiger charge is 2.23. The number of benzene rings is 2. The highest BCUT2D eigenvalue weighted by atomic mass is 16.5. The van der Waals surface area contributed by atoms with Crippen molar-refractivity contribution >= 4 is 16.7 Å². The lowest BCUT2D eigenvalue weighted by Crippen LogP contribution is -2.39. The lowest BCUT2D eigenvalue weighted by atomic mass is 9.97. The quantitative estimate of drug-likeness (QED) is 0.869. The van der Waals surface area contributed by atoms with Gasteiger partial charge in [0.1, 0.15) is 5.75 Å². The zero-order chi connectivity index (χ0) is 16.2. The SMILES string of the molecule is COCC1CCN(C(=O)c2ccc3ccc(OC)cc3c2)CC1. The van der Waals surface area contributed by atoms with E-state index in [4.69, 9.17) is 9.47 Å². The molecule has 1 saturated heterocycles. The largest absolute Gasteiger partial charge is 0.497 e. The first-order valence-corrected chi connectivity index (χ1v) is 8.07. The smallest absolute Gasteiger partial charge is 0.253 e. The molecule has 0 spiro atoms. The fourth-order valence-electron chi connectivity index (χ4n) is 3.21. The number of carbonyl (C=O) groups excluding carboxylic acids is 1. The summed E-state index contributed by atoms with van der Waals surface area (Å²) >= 11 is 0. The van der Waals surface area contributed by atoms with Crippen molar-refractivity contribution in [3.63, 3.8) is 0 Å². The molecule has 3 rings (SSSR count). The standard InChI is InChI=1S/C19H23NO3/c1-22-13-14-7-9-20(10-8-14)19(21)16-4-3-15-5-6-18(23-2)12-17(15)11-16/h3-6,11-12,14H,7-10,13H2,1-2H3. The molecule has 1 fully saturated rings. The number of fused-ring (bicyclic) bond motifs is 1. The van der Waals surface area contributed by atoms with Crippen LogP contribution < -0.4 is 4.74 Å². The molecule has 4 nitrogen and oxygen atoms in total. The van der Waals surface area contributed by atoms with Gasteiger partial charge in [0, 0.05) is 32.4 Å². The van der Waals surface area contributed by atoms with Crippen molar-refractivity contribution in [3.8, 4) is 5.75 Å². The number of hydrogen-bond donors (Lipinski definition) is 0. The Labute approximate surface area is 137 Å². The average Bonchev–Trinajstić information content (AvgIpc) is 2.61. The predicted octanol–water partition coefficient (Wildman–Crippen LogP) is 3.35. The Kier molecular flexibility index (Phi) is 4.82. The average molecular weight is 313 g/mol. The molecular formula is C19H23NO3. The molecule has 0 aromatic heterocycles. The van der Waals surface area contributed by atoms with Crippen molar-refractivity contribution < 1.29 is 14.3 Å². The van der Waals surface area contributed by atoms with Gasteiger partial charge in [0.25, 0.3) is 5.91 Å². The summed E-state index contributed by atoms with van der Waals surface area (Å²) in [4.78, 5) is 14.7. The number of amides is 1. The number of nitrogens with zero attached hydrogens (tertiary/aromatic N) is 1. The third kappa shape index (κ3) is 3.48. The van der Waals surface area contributed by atoms with E-state index in [9.17, 15) is 4.79 Å². The fourth-order valence-corrected chi connectivity index (χ4v) is 3.21. The maximum absolute atomic E-state index is 12.7. The molecule has 1 aliphatic rings. The summed E-state index contributed by atoms with van der Waals surface area (Å²) in [5.74, 6) is 1.50. The Bertz CT molecular complexity index is 690. The molecule has 0 N–H and O–H groups in total. The molecule has 23 heavy (non-hydrogen) atoms. The van der Waals surface area contributed by atoms with E-state index in [0.29, 0.717) is 5.92 Å². The highest BCUT2D eigenvalue weighted by Crippen LogP contribution is 2.24. The van der Waals surface area contributed by atoms with Crippen LogP contribution in [0.3, 0.4) is 0 Å². The molecule has 0 aliphatic carbocycles. The van der Waals surface area contributed by atoms with Crippen LogP contribution in [0, 0.1) is 5.92 Å². The third-order valence-electron chi connectivity index (χ3n) is 4.60. The van der Waals surface area contributed by atoms with Crippen LogP contribution in [-0.2, 0) is 4.74 Å². The zero-order valence-electron chi connectivity index (χ0n) is 13.7. The first kappa shape index (κ1) is 15.8. The van der Waals surface area contributed by atoms with E-state index in [0.717, 1.165) is 54.6 Å². The highest BCUT2D eigenvalue weighted by molar-refractivity contribution is 5.98. The maximum Gasteiger partial charge on any atom is 0.253 e. The number of rotatable bonds is 4. The topological polar surface area (TPSA) is 38.8 Å². The van der Waals surface area contributed by atoms with Gasteiger partial charge in [-0.2, -0.15) is 0 Å². The van der Waals surface area contributed by atoms with Gasteiger partial charge in [0.15, 0.2) is 0 Å². The summed E-state index contributed by atoms with van der Waals surface area (Å²) in [6, 6.07) is 11.8. The van der Waals surface area contributed by atoms with Crippen molar-refractivity contribution in [3.05, 3.63) is 42.0 Å². The summed E-state index contributed by atoms with van der Waals surface area (Å²) in [5, 5.41) is 2.14. The minimum Gasteiger partial charge on any atom is -0.497 e. The van der Waals surface area contributed by atoms with E-state index < -0.39 is 0 Å². The first-order valence-electron chi connectivity index (χ1n) is 8.07. The van der Waals surface area contributed by atoms with Crippen LogP contribution in [0.15, 0.2) is 36.4 Å². The third-order valence-corrected chi connectivity index (χ3v) is 4.60. The van der Waals surface area contributed by atoms with Gasteiger partial charge in [0.05, 0.1) is 7.11 Å². The molecule has 0 radical (unpaired) electrons. The Morgan fingerprint density at radius 2 is 1.83 bits per heavy atom. The molecule has 1 amide bonds. The summed E-state index contributed by atoms with van der Waals surface area (Å²) in [6.07, 6.45) is 2.03. The number of ether oxygens (including phenoxy) is 2. The molecule has 0 unspecified atom stereocenters. The van der Waals surface area contributed by atoms with Crippen LogP contribution in [0.4, 0.5) is 0 Å². The maximum atomic E-state index is 12.7. The summed E-state index contributed by atoms with van der Waals surface area (Å²) in [6.45, 7) is 2.41. The normalized spacial score (nSPS) is 15.8. The Morgan fingerprint density at radius 1 is 1.09 bits per heavy atom. The van der Waals surface area contributed by atoms with Gasteiger partial charge in [-0.25, -0.2) is 0 Å². The van der Waals surface area contributed by atoms with Crippen LogP contribution in [0.5, 0.6) is 5.75 Å². The molecule has 1 heterocycles. The number of methoxy groups -OCH3 is 2. The van der Waals surface area contributed by atoms with Crippen LogP contribution in [0.25, 0.3) is 10.8 Å². The minimum atomic E-state index is 0.116. The van der Waals surface area contributed by atoms with Crippen molar-refractivity contribution in [2.75, 3.05) is 33.9 Å². The number of carbonyl (C=O) groups is 1. The predicted molar refractivity (Wildman–Crippen MR) is 91.0 cm³/mol. The van der Waals surface area contributed by atoms with Gasteiger partial charge in [-0.15, -0.1) is 0 Å². The number of likely N-dealkylation sites (tertiary alicyclic amines) is 1. The fraction of sp³-hybridized carbons (Fsp3) is 0.421. The van der Waals surface area contributed by atoms with Gasteiger partial charge in [-0.05, 0) is 53.8 Å². The molecular weight excluding hydrogens is 290 g/mol. The van der Waals surface area contributed by atoms with Gasteiger partial charge in [-0.3, -0.25) is 4.79 Å². The van der Waals surface area contributed by atoms with Crippen molar-refractivity contribution in [1.82, 2.24) is 4.90 Å². The van der Waals surface area contributed by atoms with Gasteiger partial charge in [-0.1, -0.05) is 12.1 Å². The second kappa shape index (κ2) is 7.01. The van der Waals surface area contributed by atoms with E-state index >= 15 is 0 Å². The Hall–Kier alpha value is -2.07. The molecule has 0 bridgehead atoms. The lowest BCUT2D eigenvalue weighted by molar-refractivity contribution is 0.0614. The van der Waals surface area contributed by atoms with Crippen molar-refractivity contribution in [1.29, 1.82) is 0 Å². The van der Waals surface area contributed by atoms with E-state index in [1.807, 2.05) is 41.3 Å². The molecule has 0 atom stereocenters. The zero-order valence-corrected chi connectivity index (χ0v) is 13.7. The Balaban J connectivity index is 1.76. The molecule has 2 aromatic rings. The van der Waals surface area contributed by atoms with Crippen LogP contribution in [0.2, 0.25) is 0 Å². The molecule has 2 aromatic carbocycles. The summed E-state index contributed by atoms with van der Waals surface area (Å²) in [7, 11) is 3.39. The number of piperidine rings is 1. The van der Waals surface area contributed by atoms with Crippen LogP contribution in [0.1, 0.15) is 23.2 Å². The van der Waals surface area contributed by atoms with Gasteiger partial charge < -0.3 is 14.4 Å². The monoisotopic (exact) mass is 313 g/mol. The van der Waals surface area contributed by atoms with E-state index in [1.54, 1.807) is 14.2 Å². The summed E-state index contributed by atoms with van der Waals surface area (Å²) < 4.78 is 10.5. The van der Waals surface area contributed by atoms with Crippen molar-refractivity contribution in [2.45, 2.75) is 12.8 Å². The minimum absolute atomic E-state index is 0.116. The molecule has 122 valence electrons. The van der Waals surface area contributed by atoms with E-state index in [-0.39, 0.29) is 5.91 Å². The number of hydrogen-bond acceptors (Lipinski definition) is 3. The van der Waals surface area contributed by atoms with E-state index in [1.165, 1.54) is 0 Å². The van der Waals surface area contributed by atoms with Crippen LogP contribution in [-0.4, -0.2) is 44.7 Å². The Morgan fingerprint density at radius 3 is 2.52 bits per heavy atom. The summed E-state index contributed by atoms with van der Waals surface area (Å²) in [5.41, 5.74) is 0.746. The molecule has 1 aliphatic heterocycles. The first-order chi connectivity index (χ1) is 11.2. The van der Waals surface area contributed by atoms with Crippen molar-refractivity contribution in [2.24, 2.45) is 5.92 Å². The van der Waals surface area contributed by atoms with E-state index in [2.05, 4.69) is 0 Å². The molecule has 4 heteroatoms. The van der Waals surface area contributed by atoms with Gasteiger partial charge >= 0.3 is 0 Å². The lowest BCUT2D eigenvalue weighted by Gasteiger charge is -2.31. The van der Waals surface area contributed by atoms with Crippen LogP contribution >= 0.6 is 0 Å². The van der Waals surface area contributed by atoms with Gasteiger partial charge in [0.2, 0.25) is 0 Å². The molecule has 0 saturated carbocycles. The second-order valence-corrected chi connectivity index (χ2v) is 6.12. The second-order valence-electron chi connectivity index (χ2n) is 6.12.